The monoisotopic (exact) mass is 1820 g/mol. The zero-order chi connectivity index (χ0) is 42.0. The smallest absolute Gasteiger partial charge is 0.0817 e. The van der Waals surface area contributed by atoms with Gasteiger partial charge in [-0.1, -0.05) is 11.7 Å². The predicted octanol–water partition coefficient (Wildman–Crippen LogP) is 34.2. The lowest BCUT2D eigenvalue weighted by atomic mass is 11.8. The number of rotatable bonds is 53. The first-order valence-corrected chi connectivity index (χ1v) is 83.6. The Balaban J connectivity index is 3.08. The number of hydrogen-bond acceptors (Lipinski definition) is 56. The van der Waals surface area contributed by atoms with E-state index in [0.717, 1.165) is 0 Å². The topological polar surface area (TPSA) is 9.23 Å². The summed E-state index contributed by atoms with van der Waals surface area (Å²) in [4.78, 5) is 0. The van der Waals surface area contributed by atoms with Crippen LogP contribution in [0.2, 0.25) is 0 Å². The lowest BCUT2D eigenvalue weighted by molar-refractivity contribution is 0.491. The van der Waals surface area contributed by atoms with Gasteiger partial charge in [-0.3, -0.25) is 0 Å². The first-order chi connectivity index (χ1) is 28.6. The summed E-state index contributed by atoms with van der Waals surface area (Å²) in [5.41, 5.74) is 0. The number of thiol groups is 1. The summed E-state index contributed by atoms with van der Waals surface area (Å²) >= 11 is 14.4. The molecule has 0 aliphatic heterocycles. The van der Waals surface area contributed by atoms with Gasteiger partial charge >= 0.3 is 0 Å². The van der Waals surface area contributed by atoms with E-state index in [9.17, 15) is 0 Å². The molecular formula is CH4OS56. The van der Waals surface area contributed by atoms with Gasteiger partial charge in [-0.2, -0.15) is 0 Å². The van der Waals surface area contributed by atoms with Crippen molar-refractivity contribution in [1.29, 1.82) is 0 Å². The Hall–Kier alpha value is 19.3. The third kappa shape index (κ3) is 71.4. The molecule has 350 valence electrons. The van der Waals surface area contributed by atoms with Gasteiger partial charge in [0.25, 0.3) is 0 Å². The van der Waals surface area contributed by atoms with E-state index in [1.165, 1.54) is 19.7 Å². The molecule has 0 N–H and O–H groups in total. The van der Waals surface area contributed by atoms with Gasteiger partial charge in [0.1, 0.15) is 0 Å². The Morgan fingerprint density at radius 2 is 0.362 bits per heavy atom. The van der Waals surface area contributed by atoms with E-state index in [1.807, 2.05) is 344 Å². The molecule has 1 nitrogen and oxygen atoms in total. The normalized spacial score (nSPS) is 12.0. The highest BCUT2D eigenvalue weighted by atomic mass is 34.1. The molecule has 0 aliphatic rings. The highest BCUT2D eigenvalue weighted by molar-refractivity contribution is 9.63. The summed E-state index contributed by atoms with van der Waals surface area (Å²) < 4.78 is 5.11. The predicted molar refractivity (Wildman–Crippen MR) is 433 cm³/mol. The van der Waals surface area contributed by atoms with E-state index in [0.29, 0.717) is 0 Å². The van der Waals surface area contributed by atoms with Crippen molar-refractivity contribution in [3.63, 3.8) is 0 Å². The number of hydrogen-bond donors (Lipinski definition) is 1. The molecule has 0 spiro atoms. The molecule has 0 aromatic rings. The average Bonchev–Trinajstić information content (AvgIpc) is 3.22. The van der Waals surface area contributed by atoms with E-state index in [4.69, 9.17) is 26.6 Å². The van der Waals surface area contributed by atoms with Gasteiger partial charge in [0.2, 0.25) is 0 Å². The van der Waals surface area contributed by atoms with Crippen LogP contribution in [0, 0.1) is 0 Å². The van der Waals surface area contributed by atoms with Gasteiger partial charge in [0.05, 0.1) is 13.6 Å². The van der Waals surface area contributed by atoms with E-state index >= 15 is 0 Å². The van der Waals surface area contributed by atoms with Gasteiger partial charge in [0.15, 0.2) is 0 Å². The van der Waals surface area contributed by atoms with Crippen LogP contribution in [0.3, 0.4) is 0 Å². The molecule has 0 aliphatic carbocycles. The van der Waals surface area contributed by atoms with Crippen molar-refractivity contribution in [3.05, 3.63) is 0 Å². The minimum Gasteiger partial charge on any atom is -0.305 e. The fourth-order valence-corrected chi connectivity index (χ4v) is 145. The van der Waals surface area contributed by atoms with Gasteiger partial charge in [0, 0.05) is 432 Å². The molecule has 0 aromatic heterocycles. The molecule has 0 atom stereocenters. The molecule has 58 heavy (non-hydrogen) atoms. The Bertz CT molecular complexity index is 816. The maximum atomic E-state index is 5.17. The molecule has 0 rings (SSSR count). The highest BCUT2D eigenvalue weighted by Gasteiger charge is 2.06. The quantitative estimate of drug-likeness (QED) is 0.0352. The molecular weight excluding hydrogens is 1820 g/mol. The minimum absolute atomic E-state index is 1.46. The van der Waals surface area contributed by atoms with Crippen LogP contribution in [0.25, 0.3) is 0 Å². The molecule has 0 radical (unpaired) electrons. The third-order valence-electron chi connectivity index (χ3n) is 1.71. The molecule has 0 fully saturated rings. The summed E-state index contributed by atoms with van der Waals surface area (Å²) in [6.07, 6.45) is 0. The van der Waals surface area contributed by atoms with E-state index in [-0.39, 0.29) is 0 Å². The second-order valence-corrected chi connectivity index (χ2v) is 104. The van der Waals surface area contributed by atoms with Gasteiger partial charge in [-0.25, -0.2) is 0 Å². The lowest BCUT2D eigenvalue weighted by Gasteiger charge is -2.03. The Morgan fingerprint density at radius 1 is 0.241 bits per heavy atom. The first-order valence-electron chi connectivity index (χ1n) is 9.76. The molecule has 0 saturated heterocycles. The molecule has 0 unspecified atom stereocenters. The summed E-state index contributed by atoms with van der Waals surface area (Å²) in [5, 5.41) is 0. The molecule has 0 heterocycles. The van der Waals surface area contributed by atoms with E-state index in [2.05, 4.69) is 11.7 Å². The summed E-state index contributed by atoms with van der Waals surface area (Å²) in [5.74, 6) is 0. The molecule has 0 bridgehead atoms. The largest absolute Gasteiger partial charge is 0.305 e. The van der Waals surface area contributed by atoms with Crippen LogP contribution in [0.1, 0.15) is 0 Å². The average molecular weight is 1830 g/mol. The summed E-state index contributed by atoms with van der Waals surface area (Å²) in [6.45, 7) is -1.80. The van der Waals surface area contributed by atoms with E-state index < -0.39 is 6.46 Å². The van der Waals surface area contributed by atoms with Crippen molar-refractivity contribution >= 4 is 551 Å². The minimum atomic E-state index is -1.80. The van der Waals surface area contributed by atoms with Crippen LogP contribution < -0.4 is 0 Å². The van der Waals surface area contributed by atoms with Crippen molar-refractivity contribution in [2.45, 2.75) is 0 Å². The molecule has 57 heteroatoms. The van der Waals surface area contributed by atoms with Crippen LogP contribution in [-0.2, 0) is 33.0 Å². The summed E-state index contributed by atoms with van der Waals surface area (Å²) in [6, 6.07) is 0. The first kappa shape index (κ1) is 77.3. The Labute approximate surface area is 547 Å². The SMILES string of the molecule is COS(=S)(=S)SSSSSSSSSSSSSSSSSSSSSSSSSSSSSSSSSSSSSSSSSSSSSSSSSSSSS. The standard InChI is InChI=1S/CH4OS56/c1-2-58(4,5)57-56-55-54-53-52-51-50-49-48-47-46-45-44-43-42-41-40-39-38-37-36-35-34-33-32-31-30-29-28-27-26-25-24-23-22-21-20-19-18-17-16-15-14-13-12-11-10-9-8-7-6-3/h3H,1H3. The maximum Gasteiger partial charge on any atom is 0.0817 e. The molecule has 0 saturated carbocycles. The maximum absolute atomic E-state index is 5.17. The fraction of sp³-hybridized carbons (Fsp3) is 1.00. The van der Waals surface area contributed by atoms with Crippen molar-refractivity contribution in [1.82, 2.24) is 0 Å². The van der Waals surface area contributed by atoms with E-state index in [1.54, 1.807) is 154 Å². The Kier molecular flexibility index (Phi) is 94.0. The van der Waals surface area contributed by atoms with Crippen molar-refractivity contribution in [2.75, 3.05) is 7.11 Å². The fourth-order valence-electron chi connectivity index (χ4n) is 0.630. The van der Waals surface area contributed by atoms with Crippen molar-refractivity contribution < 1.29 is 4.18 Å². The van der Waals surface area contributed by atoms with Crippen LogP contribution in [0.5, 0.6) is 0 Å². The second-order valence-electron chi connectivity index (χ2n) is 4.12. The van der Waals surface area contributed by atoms with Gasteiger partial charge < -0.3 is 4.18 Å². The molecule has 0 amide bonds. The van der Waals surface area contributed by atoms with Crippen LogP contribution in [0.15, 0.2) is 0 Å². The Morgan fingerprint density at radius 3 is 0.483 bits per heavy atom. The third-order valence-corrected chi connectivity index (χ3v) is 122. The van der Waals surface area contributed by atoms with Crippen molar-refractivity contribution in [3.8, 4) is 0 Å². The summed E-state index contributed by atoms with van der Waals surface area (Å²) in [7, 11) is 94.6. The van der Waals surface area contributed by atoms with Gasteiger partial charge in [-0.05, 0) is 101 Å². The second kappa shape index (κ2) is 70.6. The van der Waals surface area contributed by atoms with Gasteiger partial charge in [-0.15, -0.1) is 0 Å². The zero-order valence-corrected chi connectivity index (χ0v) is 70.1. The molecule has 0 aromatic carbocycles. The van der Waals surface area contributed by atoms with Crippen LogP contribution in [0.4, 0.5) is 0 Å². The zero-order valence-electron chi connectivity index (χ0n) is 24.3. The van der Waals surface area contributed by atoms with Crippen molar-refractivity contribution in [2.24, 2.45) is 0 Å². The highest BCUT2D eigenvalue weighted by Crippen LogP contribution is 2.69. The van der Waals surface area contributed by atoms with Crippen LogP contribution >= 0.6 is 523 Å². The lowest BCUT2D eigenvalue weighted by Crippen LogP contribution is -1.87. The van der Waals surface area contributed by atoms with Crippen LogP contribution in [-0.4, -0.2) is 7.11 Å².